The second-order valence-corrected chi connectivity index (χ2v) is 6.26. The Balaban J connectivity index is 1.85. The van der Waals surface area contributed by atoms with Crippen molar-refractivity contribution in [3.05, 3.63) is 23.2 Å². The fourth-order valence-electron chi connectivity index (χ4n) is 2.71. The third kappa shape index (κ3) is 2.07. The molecule has 4 nitrogen and oxygen atoms in total. The first kappa shape index (κ1) is 12.7. The van der Waals surface area contributed by atoms with Crippen molar-refractivity contribution in [2.75, 3.05) is 20.1 Å². The van der Waals surface area contributed by atoms with E-state index < -0.39 is 0 Å². The number of nitrogens with zero attached hydrogens (tertiary/aromatic N) is 2. The number of carbonyl (C=O) groups excluding carboxylic acids is 1. The number of hydrogen-bond acceptors (Lipinski definition) is 3. The number of fused-ring (bicyclic) bond motifs is 1. The molecule has 2 atom stereocenters. The molecule has 0 radical (unpaired) electrons. The second kappa shape index (κ2) is 4.65. The molecular formula is C14H19N3OS. The molecule has 0 saturated carbocycles. The van der Waals surface area contributed by atoms with Gasteiger partial charge in [-0.3, -0.25) is 9.69 Å². The summed E-state index contributed by atoms with van der Waals surface area (Å²) in [5.41, 5.74) is 0.713. The zero-order chi connectivity index (χ0) is 13.6. The first-order valence-electron chi connectivity index (χ1n) is 6.65. The Labute approximate surface area is 117 Å². The van der Waals surface area contributed by atoms with Crippen molar-refractivity contribution in [1.29, 1.82) is 0 Å². The number of hydrogen-bond donors (Lipinski definition) is 1. The minimum absolute atomic E-state index is 0.121. The van der Waals surface area contributed by atoms with Crippen molar-refractivity contribution >= 4 is 27.5 Å². The van der Waals surface area contributed by atoms with Gasteiger partial charge in [0.2, 0.25) is 0 Å². The van der Waals surface area contributed by atoms with Gasteiger partial charge in [0.15, 0.2) is 0 Å². The second-order valence-electron chi connectivity index (χ2n) is 5.35. The van der Waals surface area contributed by atoms with Gasteiger partial charge in [0.25, 0.3) is 5.91 Å². The van der Waals surface area contributed by atoms with E-state index in [1.165, 1.54) is 0 Å². The number of nitrogens with one attached hydrogen (secondary N) is 1. The number of amides is 1. The first-order chi connectivity index (χ1) is 9.08. The molecular weight excluding hydrogens is 258 g/mol. The van der Waals surface area contributed by atoms with E-state index in [0.717, 1.165) is 23.3 Å². The van der Waals surface area contributed by atoms with Crippen LogP contribution in [0.2, 0.25) is 0 Å². The van der Waals surface area contributed by atoms with Gasteiger partial charge in [-0.05, 0) is 38.4 Å². The van der Waals surface area contributed by atoms with E-state index in [4.69, 9.17) is 0 Å². The molecule has 5 heteroatoms. The van der Waals surface area contributed by atoms with Crippen molar-refractivity contribution in [3.63, 3.8) is 0 Å². The van der Waals surface area contributed by atoms with Crippen LogP contribution in [0.4, 0.5) is 0 Å². The lowest BCUT2D eigenvalue weighted by atomic mass is 10.1. The van der Waals surface area contributed by atoms with E-state index >= 15 is 0 Å². The van der Waals surface area contributed by atoms with Gasteiger partial charge >= 0.3 is 0 Å². The standard InChI is InChI=1S/C14H19N3OS/c1-9-10(2)17(6-5-16(9)3)14(18)12-8-11-4-7-19-13(11)15-12/h4,7-10,15H,5-6H2,1-3H3. The third-order valence-electron chi connectivity index (χ3n) is 4.31. The van der Waals surface area contributed by atoms with Gasteiger partial charge in [0.05, 0.1) is 0 Å². The van der Waals surface area contributed by atoms with Crippen LogP contribution in [0.25, 0.3) is 10.2 Å². The highest BCUT2D eigenvalue weighted by molar-refractivity contribution is 7.16. The van der Waals surface area contributed by atoms with E-state index in [2.05, 4.69) is 30.8 Å². The Bertz CT molecular complexity index is 574. The predicted octanol–water partition coefficient (Wildman–Crippen LogP) is 2.39. The molecule has 3 rings (SSSR count). The Morgan fingerprint density at radius 2 is 2.16 bits per heavy atom. The molecule has 1 fully saturated rings. The largest absolute Gasteiger partial charge is 0.342 e. The van der Waals surface area contributed by atoms with Crippen molar-refractivity contribution < 1.29 is 4.79 Å². The van der Waals surface area contributed by atoms with Crippen LogP contribution in [0.3, 0.4) is 0 Å². The fourth-order valence-corrected chi connectivity index (χ4v) is 3.49. The SMILES string of the molecule is CC1C(C)N(C(=O)c2cc3ccsc3[nH]2)CCN1C. The summed E-state index contributed by atoms with van der Waals surface area (Å²) in [5.74, 6) is 0.121. The van der Waals surface area contributed by atoms with Crippen LogP contribution in [-0.4, -0.2) is 52.9 Å². The minimum Gasteiger partial charge on any atom is -0.342 e. The van der Waals surface area contributed by atoms with Crippen LogP contribution in [0.1, 0.15) is 24.3 Å². The maximum absolute atomic E-state index is 12.6. The molecule has 19 heavy (non-hydrogen) atoms. The molecule has 1 aliphatic rings. The molecule has 2 unspecified atom stereocenters. The summed E-state index contributed by atoms with van der Waals surface area (Å²) in [5, 5.41) is 3.17. The molecule has 102 valence electrons. The summed E-state index contributed by atoms with van der Waals surface area (Å²) in [7, 11) is 2.12. The monoisotopic (exact) mass is 277 g/mol. The Kier molecular flexibility index (Phi) is 3.11. The molecule has 1 amide bonds. The quantitative estimate of drug-likeness (QED) is 0.869. The minimum atomic E-state index is 0.121. The summed E-state index contributed by atoms with van der Waals surface area (Å²) in [6.45, 7) is 6.04. The van der Waals surface area contributed by atoms with Gasteiger partial charge in [-0.25, -0.2) is 0 Å². The molecule has 2 aromatic heterocycles. The highest BCUT2D eigenvalue weighted by atomic mass is 32.1. The van der Waals surface area contributed by atoms with Gasteiger partial charge in [-0.15, -0.1) is 11.3 Å². The molecule has 2 aromatic rings. The number of rotatable bonds is 1. The average molecular weight is 277 g/mol. The smallest absolute Gasteiger partial charge is 0.270 e. The number of thiophene rings is 1. The highest BCUT2D eigenvalue weighted by Crippen LogP contribution is 2.23. The van der Waals surface area contributed by atoms with Crippen molar-refractivity contribution in [1.82, 2.24) is 14.8 Å². The van der Waals surface area contributed by atoms with E-state index in [9.17, 15) is 4.79 Å². The van der Waals surface area contributed by atoms with Crippen LogP contribution in [0.15, 0.2) is 17.5 Å². The summed E-state index contributed by atoms with van der Waals surface area (Å²) >= 11 is 1.64. The van der Waals surface area contributed by atoms with Gasteiger partial charge in [0, 0.05) is 30.6 Å². The number of H-pyrrole nitrogens is 1. The van der Waals surface area contributed by atoms with Gasteiger partial charge in [-0.2, -0.15) is 0 Å². The van der Waals surface area contributed by atoms with E-state index in [0.29, 0.717) is 11.7 Å². The lowest BCUT2D eigenvalue weighted by Crippen LogP contribution is -2.57. The third-order valence-corrected chi connectivity index (χ3v) is 5.16. The molecule has 0 aliphatic carbocycles. The number of aromatic amines is 1. The fraction of sp³-hybridized carbons (Fsp3) is 0.500. The lowest BCUT2D eigenvalue weighted by molar-refractivity contribution is 0.0359. The summed E-state index contributed by atoms with van der Waals surface area (Å²) in [4.78, 5) is 21.2. The Morgan fingerprint density at radius 3 is 2.89 bits per heavy atom. The molecule has 1 N–H and O–H groups in total. The van der Waals surface area contributed by atoms with Crippen molar-refractivity contribution in [3.8, 4) is 0 Å². The molecule has 1 saturated heterocycles. The number of carbonyl (C=O) groups is 1. The maximum Gasteiger partial charge on any atom is 0.270 e. The Morgan fingerprint density at radius 1 is 1.37 bits per heavy atom. The summed E-state index contributed by atoms with van der Waals surface area (Å²) in [6.07, 6.45) is 0. The van der Waals surface area contributed by atoms with E-state index in [1.54, 1.807) is 11.3 Å². The van der Waals surface area contributed by atoms with Crippen molar-refractivity contribution in [2.45, 2.75) is 25.9 Å². The topological polar surface area (TPSA) is 39.3 Å². The first-order valence-corrected chi connectivity index (χ1v) is 7.53. The number of likely N-dealkylation sites (N-methyl/N-ethyl adjacent to an activating group) is 1. The van der Waals surface area contributed by atoms with Crippen LogP contribution >= 0.6 is 11.3 Å². The Hall–Kier alpha value is -1.33. The lowest BCUT2D eigenvalue weighted by Gasteiger charge is -2.43. The van der Waals surface area contributed by atoms with Crippen LogP contribution in [0, 0.1) is 0 Å². The van der Waals surface area contributed by atoms with Gasteiger partial charge in [-0.1, -0.05) is 0 Å². The van der Waals surface area contributed by atoms with Crippen molar-refractivity contribution in [2.24, 2.45) is 0 Å². The van der Waals surface area contributed by atoms with E-state index in [1.807, 2.05) is 22.4 Å². The summed E-state index contributed by atoms with van der Waals surface area (Å²) in [6, 6.07) is 4.65. The van der Waals surface area contributed by atoms with Gasteiger partial charge < -0.3 is 9.88 Å². The normalized spacial score (nSPS) is 25.1. The maximum atomic E-state index is 12.6. The summed E-state index contributed by atoms with van der Waals surface area (Å²) < 4.78 is 0. The van der Waals surface area contributed by atoms with Gasteiger partial charge in [0.1, 0.15) is 10.5 Å². The number of aromatic nitrogens is 1. The average Bonchev–Trinajstić information content (AvgIpc) is 2.96. The number of piperazine rings is 1. The molecule has 0 aromatic carbocycles. The zero-order valence-electron chi connectivity index (χ0n) is 11.5. The van der Waals surface area contributed by atoms with Crippen LogP contribution in [-0.2, 0) is 0 Å². The molecule has 1 aliphatic heterocycles. The van der Waals surface area contributed by atoms with E-state index in [-0.39, 0.29) is 11.9 Å². The highest BCUT2D eigenvalue weighted by Gasteiger charge is 2.32. The predicted molar refractivity (Wildman–Crippen MR) is 78.8 cm³/mol. The molecule has 0 spiro atoms. The van der Waals surface area contributed by atoms with Crippen LogP contribution in [0.5, 0.6) is 0 Å². The van der Waals surface area contributed by atoms with Crippen LogP contribution < -0.4 is 0 Å². The zero-order valence-corrected chi connectivity index (χ0v) is 12.3. The molecule has 0 bridgehead atoms. The molecule has 3 heterocycles.